The summed E-state index contributed by atoms with van der Waals surface area (Å²) in [7, 11) is 0.585. The van der Waals surface area contributed by atoms with Crippen LogP contribution in [0.3, 0.4) is 0 Å². The highest BCUT2D eigenvalue weighted by atomic mass is 16.4. The Morgan fingerprint density at radius 2 is 2.18 bits per heavy atom. The van der Waals surface area contributed by atoms with Gasteiger partial charge in [0, 0.05) is 0 Å². The summed E-state index contributed by atoms with van der Waals surface area (Å²) in [6.07, 6.45) is 7.68. The summed E-state index contributed by atoms with van der Waals surface area (Å²) < 4.78 is 0. The molecule has 0 fully saturated rings. The lowest BCUT2D eigenvalue weighted by Gasteiger charge is -1.95. The van der Waals surface area contributed by atoms with Crippen molar-refractivity contribution in [2.24, 2.45) is 0 Å². The van der Waals surface area contributed by atoms with Crippen molar-refractivity contribution in [1.82, 2.24) is 0 Å². The average molecular weight is 150 g/mol. The molecule has 0 aromatic rings. The second-order valence-corrected chi connectivity index (χ2v) is 2.08. The maximum atomic E-state index is 8.69. The van der Waals surface area contributed by atoms with Gasteiger partial charge in [-0.3, -0.25) is 0 Å². The molecule has 11 heavy (non-hydrogen) atoms. The molecule has 2 N–H and O–H groups in total. The highest BCUT2D eigenvalue weighted by Crippen LogP contribution is 1.97. The minimum Gasteiger partial charge on any atom is -0.423 e. The summed E-state index contributed by atoms with van der Waals surface area (Å²) in [4.78, 5) is 0. The highest BCUT2D eigenvalue weighted by Gasteiger charge is 2.08. The first-order valence-electron chi connectivity index (χ1n) is 3.57. The molecule has 0 atom stereocenters. The molecule has 0 amide bonds. The van der Waals surface area contributed by atoms with Gasteiger partial charge in [-0.2, -0.15) is 0 Å². The maximum Gasteiger partial charge on any atom is 0.488 e. The van der Waals surface area contributed by atoms with E-state index in [1.165, 1.54) is 6.08 Å². The molecule has 0 aliphatic heterocycles. The molecule has 0 aromatic carbocycles. The second-order valence-electron chi connectivity index (χ2n) is 2.08. The van der Waals surface area contributed by atoms with Gasteiger partial charge >= 0.3 is 7.12 Å². The number of hydrogen-bond acceptors (Lipinski definition) is 2. The van der Waals surface area contributed by atoms with Gasteiger partial charge in [0.1, 0.15) is 7.85 Å². The third-order valence-corrected chi connectivity index (χ3v) is 1.19. The Morgan fingerprint density at radius 3 is 2.55 bits per heavy atom. The van der Waals surface area contributed by atoms with Crippen LogP contribution in [-0.4, -0.2) is 25.0 Å². The molecule has 0 heterocycles. The minimum atomic E-state index is -1.42. The van der Waals surface area contributed by atoms with Crippen LogP contribution in [0.1, 0.15) is 0 Å². The van der Waals surface area contributed by atoms with E-state index in [1.807, 2.05) is 13.9 Å². The van der Waals surface area contributed by atoms with E-state index in [4.69, 9.17) is 10.0 Å². The van der Waals surface area contributed by atoms with Crippen LogP contribution in [0, 0.1) is 0 Å². The summed E-state index contributed by atoms with van der Waals surface area (Å²) in [6, 6.07) is 0. The van der Waals surface area contributed by atoms with Gasteiger partial charge in [0.15, 0.2) is 0 Å². The molecule has 0 spiro atoms. The molecule has 0 saturated carbocycles. The predicted molar refractivity (Wildman–Crippen MR) is 51.0 cm³/mol. The molecular weight excluding hydrogens is 138 g/mol. The third-order valence-electron chi connectivity index (χ3n) is 1.19. The van der Waals surface area contributed by atoms with Crippen LogP contribution in [0.4, 0.5) is 0 Å². The van der Waals surface area contributed by atoms with Gasteiger partial charge in [0.2, 0.25) is 0 Å². The Morgan fingerprint density at radius 1 is 1.55 bits per heavy atom. The first kappa shape index (κ1) is 10.3. The van der Waals surface area contributed by atoms with Crippen molar-refractivity contribution < 1.29 is 10.0 Å². The zero-order chi connectivity index (χ0) is 8.69. The van der Waals surface area contributed by atoms with Crippen LogP contribution in [0.5, 0.6) is 0 Å². The predicted octanol–water partition coefficient (Wildman–Crippen LogP) is -0.282. The zero-order valence-corrected chi connectivity index (χ0v) is 6.70. The lowest BCUT2D eigenvalue weighted by atomic mass is 9.79. The SMILES string of the molecule is BC/C=C\C=C(/C=C)B(O)O. The lowest BCUT2D eigenvalue weighted by molar-refractivity contribution is 0.420. The minimum absolute atomic E-state index is 0.412. The number of hydrogen-bond donors (Lipinski definition) is 2. The summed E-state index contributed by atoms with van der Waals surface area (Å²) in [5.41, 5.74) is 0.412. The fourth-order valence-electron chi connectivity index (χ4n) is 0.575. The van der Waals surface area contributed by atoms with Crippen LogP contribution < -0.4 is 0 Å². The highest BCUT2D eigenvalue weighted by molar-refractivity contribution is 6.51. The van der Waals surface area contributed by atoms with Gasteiger partial charge in [-0.15, -0.1) is 0 Å². The van der Waals surface area contributed by atoms with Crippen molar-refractivity contribution >= 4 is 15.0 Å². The van der Waals surface area contributed by atoms with Crippen molar-refractivity contribution in [3.63, 3.8) is 0 Å². The van der Waals surface area contributed by atoms with Crippen molar-refractivity contribution in [2.45, 2.75) is 6.32 Å². The normalized spacial score (nSPS) is 12.0. The van der Waals surface area contributed by atoms with E-state index in [-0.39, 0.29) is 0 Å². The molecule has 0 aliphatic rings. The van der Waals surface area contributed by atoms with Gasteiger partial charge in [0.05, 0.1) is 0 Å². The van der Waals surface area contributed by atoms with E-state index in [9.17, 15) is 0 Å². The monoisotopic (exact) mass is 150 g/mol. The quantitative estimate of drug-likeness (QED) is 0.427. The largest absolute Gasteiger partial charge is 0.488 e. The summed E-state index contributed by atoms with van der Waals surface area (Å²) >= 11 is 0. The first-order chi connectivity index (χ1) is 5.22. The average Bonchev–Trinajstić information content (AvgIpc) is 1.97. The molecular formula is C7H12B2O2. The first-order valence-corrected chi connectivity index (χ1v) is 3.57. The topological polar surface area (TPSA) is 40.5 Å². The fraction of sp³-hybridized carbons (Fsp3) is 0.143. The molecule has 0 radical (unpaired) electrons. The molecule has 0 bridgehead atoms. The van der Waals surface area contributed by atoms with E-state index >= 15 is 0 Å². The van der Waals surface area contributed by atoms with Crippen molar-refractivity contribution in [3.8, 4) is 0 Å². The smallest absolute Gasteiger partial charge is 0.423 e. The molecule has 0 saturated heterocycles. The summed E-state index contributed by atoms with van der Waals surface area (Å²) in [5.74, 6) is 0. The van der Waals surface area contributed by atoms with Crippen LogP contribution in [-0.2, 0) is 0 Å². The fourth-order valence-corrected chi connectivity index (χ4v) is 0.575. The van der Waals surface area contributed by atoms with Crippen molar-refractivity contribution in [3.05, 3.63) is 36.4 Å². The summed E-state index contributed by atoms with van der Waals surface area (Å²) in [6.45, 7) is 3.44. The third kappa shape index (κ3) is 4.65. The van der Waals surface area contributed by atoms with E-state index in [2.05, 4.69) is 6.58 Å². The van der Waals surface area contributed by atoms with Gasteiger partial charge in [-0.05, 0) is 5.47 Å². The van der Waals surface area contributed by atoms with Crippen molar-refractivity contribution in [1.29, 1.82) is 0 Å². The molecule has 0 unspecified atom stereocenters. The van der Waals surface area contributed by atoms with E-state index in [0.29, 0.717) is 5.47 Å². The van der Waals surface area contributed by atoms with E-state index in [0.717, 1.165) is 6.32 Å². The van der Waals surface area contributed by atoms with Gasteiger partial charge in [-0.1, -0.05) is 37.2 Å². The van der Waals surface area contributed by atoms with Crippen molar-refractivity contribution in [2.75, 3.05) is 0 Å². The molecule has 0 aromatic heterocycles. The Balaban J connectivity index is 4.12. The Hall–Kier alpha value is -0.730. The maximum absolute atomic E-state index is 8.69. The Kier molecular flexibility index (Phi) is 5.61. The Bertz CT molecular complexity index is 173. The van der Waals surface area contributed by atoms with Gasteiger partial charge in [0.25, 0.3) is 0 Å². The van der Waals surface area contributed by atoms with Crippen LogP contribution >= 0.6 is 0 Å². The zero-order valence-electron chi connectivity index (χ0n) is 6.70. The molecule has 2 nitrogen and oxygen atoms in total. The lowest BCUT2D eigenvalue weighted by Crippen LogP contribution is -2.13. The standard InChI is InChI=1S/C7H12B2O2/c1-2-7(9(10)11)5-3-4-6-8/h2-5,10-11H,1,6,8H2/b4-3-,7-5+. The Labute approximate surface area is 68.5 Å². The second kappa shape index (κ2) is 6.01. The molecule has 4 heteroatoms. The number of allylic oxidation sites excluding steroid dienone is 5. The summed E-state index contributed by atoms with van der Waals surface area (Å²) in [5, 5.41) is 17.4. The van der Waals surface area contributed by atoms with Crippen LogP contribution in [0.25, 0.3) is 0 Å². The number of rotatable bonds is 4. The van der Waals surface area contributed by atoms with Gasteiger partial charge < -0.3 is 10.0 Å². The molecule has 0 rings (SSSR count). The van der Waals surface area contributed by atoms with E-state index < -0.39 is 7.12 Å². The van der Waals surface area contributed by atoms with Crippen LogP contribution in [0.2, 0.25) is 6.32 Å². The van der Waals surface area contributed by atoms with E-state index in [1.54, 1.807) is 12.2 Å². The van der Waals surface area contributed by atoms with Crippen LogP contribution in [0.15, 0.2) is 36.4 Å². The molecule has 0 aliphatic carbocycles. The van der Waals surface area contributed by atoms with Gasteiger partial charge in [-0.25, -0.2) is 0 Å². The molecule has 58 valence electrons.